The van der Waals surface area contributed by atoms with Gasteiger partial charge in [0.2, 0.25) is 5.91 Å². The molecule has 0 saturated heterocycles. The lowest BCUT2D eigenvalue weighted by Gasteiger charge is -2.26. The van der Waals surface area contributed by atoms with E-state index in [9.17, 15) is 14.9 Å². The highest BCUT2D eigenvalue weighted by Crippen LogP contribution is 2.30. The Morgan fingerprint density at radius 1 is 1.61 bits per heavy atom. The van der Waals surface area contributed by atoms with E-state index in [2.05, 4.69) is 5.32 Å². The number of nitro groups is 1. The first kappa shape index (κ1) is 14.2. The fraction of sp³-hybridized carbons (Fsp3) is 0.364. The van der Waals surface area contributed by atoms with Crippen LogP contribution in [0.25, 0.3) is 0 Å². The number of primary amides is 1. The monoisotopic (exact) mass is 271 g/mol. The Balaban J connectivity index is 3.18. The molecular weight excluding hydrogens is 258 g/mol. The Morgan fingerprint density at radius 2 is 2.22 bits per heavy atom. The van der Waals surface area contributed by atoms with E-state index in [0.717, 1.165) is 0 Å². The van der Waals surface area contributed by atoms with E-state index in [-0.39, 0.29) is 16.4 Å². The molecule has 0 aliphatic heterocycles. The van der Waals surface area contributed by atoms with Crippen molar-refractivity contribution in [3.05, 3.63) is 33.3 Å². The first-order valence-corrected chi connectivity index (χ1v) is 5.70. The number of hydrogen-bond acceptors (Lipinski definition) is 4. The molecule has 18 heavy (non-hydrogen) atoms. The van der Waals surface area contributed by atoms with E-state index in [1.165, 1.54) is 18.2 Å². The normalized spacial score (nSPS) is 13.7. The van der Waals surface area contributed by atoms with E-state index in [1.54, 1.807) is 13.8 Å². The average molecular weight is 272 g/mol. The average Bonchev–Trinajstić information content (AvgIpc) is 2.30. The zero-order valence-electron chi connectivity index (χ0n) is 10.1. The van der Waals surface area contributed by atoms with Gasteiger partial charge in [-0.1, -0.05) is 18.5 Å². The van der Waals surface area contributed by atoms with Crippen LogP contribution in [-0.2, 0) is 4.79 Å². The number of rotatable bonds is 5. The first-order valence-electron chi connectivity index (χ1n) is 5.32. The summed E-state index contributed by atoms with van der Waals surface area (Å²) in [6, 6.07) is 4.19. The lowest BCUT2D eigenvalue weighted by atomic mass is 9.97. The van der Waals surface area contributed by atoms with Crippen molar-refractivity contribution in [1.82, 2.24) is 0 Å². The van der Waals surface area contributed by atoms with Crippen LogP contribution < -0.4 is 11.1 Å². The summed E-state index contributed by atoms with van der Waals surface area (Å²) < 4.78 is 0. The Kier molecular flexibility index (Phi) is 4.13. The number of halogens is 1. The van der Waals surface area contributed by atoms with Gasteiger partial charge in [0.1, 0.15) is 11.2 Å². The maximum atomic E-state index is 11.4. The van der Waals surface area contributed by atoms with Gasteiger partial charge in [0.05, 0.1) is 4.92 Å². The van der Waals surface area contributed by atoms with Gasteiger partial charge in [-0.3, -0.25) is 14.9 Å². The molecule has 1 aromatic carbocycles. The summed E-state index contributed by atoms with van der Waals surface area (Å²) in [5.74, 6) is -0.575. The lowest BCUT2D eigenvalue weighted by molar-refractivity contribution is -0.384. The summed E-state index contributed by atoms with van der Waals surface area (Å²) in [6.07, 6.45) is 0.405. The van der Waals surface area contributed by atoms with Crippen LogP contribution in [0.4, 0.5) is 11.4 Å². The van der Waals surface area contributed by atoms with Crippen LogP contribution in [0, 0.1) is 10.1 Å². The number of nitro benzene ring substituents is 1. The quantitative estimate of drug-likeness (QED) is 0.634. The third-order valence-electron chi connectivity index (χ3n) is 2.82. The molecule has 0 fully saturated rings. The second-order valence-electron chi connectivity index (χ2n) is 4.09. The standard InChI is InChI=1S/C11H14ClN3O3/c1-3-11(2,10(13)16)14-8-5-4-7(12)6-9(8)15(17)18/h4-6,14H,3H2,1-2H3,(H2,13,16). The smallest absolute Gasteiger partial charge is 0.293 e. The number of hydrogen-bond donors (Lipinski definition) is 2. The van der Waals surface area contributed by atoms with E-state index in [0.29, 0.717) is 6.42 Å². The van der Waals surface area contributed by atoms with Gasteiger partial charge in [0, 0.05) is 11.1 Å². The van der Waals surface area contributed by atoms with Gasteiger partial charge in [-0.15, -0.1) is 0 Å². The minimum absolute atomic E-state index is 0.191. The van der Waals surface area contributed by atoms with Crippen LogP contribution >= 0.6 is 11.6 Å². The third kappa shape index (κ3) is 2.89. The minimum atomic E-state index is -1.04. The summed E-state index contributed by atoms with van der Waals surface area (Å²) in [4.78, 5) is 21.7. The van der Waals surface area contributed by atoms with Gasteiger partial charge in [-0.25, -0.2) is 0 Å². The first-order chi connectivity index (χ1) is 8.30. The molecule has 6 nitrogen and oxygen atoms in total. The molecule has 1 amide bonds. The van der Waals surface area contributed by atoms with Gasteiger partial charge in [-0.2, -0.15) is 0 Å². The molecule has 0 aromatic heterocycles. The molecule has 1 aromatic rings. The Hall–Kier alpha value is -1.82. The number of nitrogens with one attached hydrogen (secondary N) is 1. The molecule has 0 radical (unpaired) electrons. The molecule has 1 rings (SSSR count). The van der Waals surface area contributed by atoms with Crippen LogP contribution in [0.2, 0.25) is 5.02 Å². The van der Waals surface area contributed by atoms with Gasteiger partial charge in [0.25, 0.3) is 5.69 Å². The number of carbonyl (C=O) groups is 1. The number of amides is 1. The van der Waals surface area contributed by atoms with Crippen molar-refractivity contribution in [3.63, 3.8) is 0 Å². The predicted octanol–water partition coefficient (Wildman–Crippen LogP) is 2.31. The van der Waals surface area contributed by atoms with Crippen molar-refractivity contribution in [2.45, 2.75) is 25.8 Å². The number of anilines is 1. The predicted molar refractivity (Wildman–Crippen MR) is 69.6 cm³/mol. The lowest BCUT2D eigenvalue weighted by Crippen LogP contribution is -2.47. The fourth-order valence-corrected chi connectivity index (χ4v) is 1.55. The summed E-state index contributed by atoms with van der Waals surface area (Å²) in [6.45, 7) is 3.35. The van der Waals surface area contributed by atoms with E-state index in [4.69, 9.17) is 17.3 Å². The van der Waals surface area contributed by atoms with Crippen LogP contribution in [0.15, 0.2) is 18.2 Å². The highest BCUT2D eigenvalue weighted by molar-refractivity contribution is 6.30. The summed E-state index contributed by atoms with van der Waals surface area (Å²) in [5, 5.41) is 14.0. The molecular formula is C11H14ClN3O3. The summed E-state index contributed by atoms with van der Waals surface area (Å²) in [5.41, 5.74) is 4.27. The van der Waals surface area contributed by atoms with Crippen LogP contribution in [0.1, 0.15) is 20.3 Å². The number of nitrogens with zero attached hydrogens (tertiary/aromatic N) is 1. The highest BCUT2D eigenvalue weighted by atomic mass is 35.5. The molecule has 0 bridgehead atoms. The van der Waals surface area contributed by atoms with E-state index >= 15 is 0 Å². The van der Waals surface area contributed by atoms with Crippen molar-refractivity contribution in [1.29, 1.82) is 0 Å². The van der Waals surface area contributed by atoms with Gasteiger partial charge >= 0.3 is 0 Å². The summed E-state index contributed by atoms with van der Waals surface area (Å²) >= 11 is 5.70. The maximum Gasteiger partial charge on any atom is 0.293 e. The molecule has 7 heteroatoms. The summed E-state index contributed by atoms with van der Waals surface area (Å²) in [7, 11) is 0. The van der Waals surface area contributed by atoms with Crippen LogP contribution in [-0.4, -0.2) is 16.4 Å². The SMILES string of the molecule is CCC(C)(Nc1ccc(Cl)cc1[N+](=O)[O-])C(N)=O. The Morgan fingerprint density at radius 3 is 2.67 bits per heavy atom. The molecule has 0 aliphatic carbocycles. The molecule has 0 heterocycles. The van der Waals surface area contributed by atoms with Crippen molar-refractivity contribution in [3.8, 4) is 0 Å². The highest BCUT2D eigenvalue weighted by Gasteiger charge is 2.31. The maximum absolute atomic E-state index is 11.4. The Bertz CT molecular complexity index is 492. The van der Waals surface area contributed by atoms with Crippen LogP contribution in [0.5, 0.6) is 0 Å². The minimum Gasteiger partial charge on any atom is -0.368 e. The largest absolute Gasteiger partial charge is 0.368 e. The third-order valence-corrected chi connectivity index (χ3v) is 3.05. The zero-order valence-corrected chi connectivity index (χ0v) is 10.8. The Labute approximate surface area is 109 Å². The van der Waals surface area contributed by atoms with Crippen molar-refractivity contribution < 1.29 is 9.72 Å². The second kappa shape index (κ2) is 5.22. The number of nitrogens with two attached hydrogens (primary N) is 1. The molecule has 0 saturated carbocycles. The molecule has 1 atom stereocenters. The van der Waals surface area contributed by atoms with Crippen molar-refractivity contribution in [2.75, 3.05) is 5.32 Å². The van der Waals surface area contributed by atoms with Crippen molar-refractivity contribution in [2.24, 2.45) is 5.73 Å². The van der Waals surface area contributed by atoms with Crippen LogP contribution in [0.3, 0.4) is 0 Å². The van der Waals surface area contributed by atoms with Crippen molar-refractivity contribution >= 4 is 28.9 Å². The fourth-order valence-electron chi connectivity index (χ4n) is 1.38. The van der Waals surface area contributed by atoms with E-state index in [1.807, 2.05) is 0 Å². The number of benzene rings is 1. The van der Waals surface area contributed by atoms with Gasteiger partial charge in [0.15, 0.2) is 0 Å². The van der Waals surface area contributed by atoms with Gasteiger partial charge in [-0.05, 0) is 25.5 Å². The molecule has 0 aliphatic rings. The molecule has 3 N–H and O–H groups in total. The second-order valence-corrected chi connectivity index (χ2v) is 4.53. The van der Waals surface area contributed by atoms with Gasteiger partial charge < -0.3 is 11.1 Å². The molecule has 0 spiro atoms. The topological polar surface area (TPSA) is 98.3 Å². The number of carbonyl (C=O) groups excluding carboxylic acids is 1. The zero-order chi connectivity index (χ0) is 13.9. The molecule has 98 valence electrons. The van der Waals surface area contributed by atoms with E-state index < -0.39 is 16.4 Å². The molecule has 1 unspecified atom stereocenters.